The van der Waals surface area contributed by atoms with Crippen LogP contribution in [0, 0.1) is 5.92 Å². The van der Waals surface area contributed by atoms with E-state index in [0.29, 0.717) is 6.04 Å². The van der Waals surface area contributed by atoms with Gasteiger partial charge < -0.3 is 15.5 Å². The van der Waals surface area contributed by atoms with Crippen LogP contribution in [0.3, 0.4) is 0 Å². The Labute approximate surface area is 158 Å². The van der Waals surface area contributed by atoms with Crippen LogP contribution >= 0.6 is 0 Å². The molecule has 1 aliphatic carbocycles. The standard InChI is InChI=1S/C21H34N4O/c1-5-17-11-13-19(14-12-17)24-21(22-15-20(26)25(3)4)23-16(2)18-9-7-6-8-10-18/h6-10,16-17,19H,5,11-15H2,1-4H3,(H2,22,23,24). The molecule has 1 aromatic carbocycles. The fourth-order valence-corrected chi connectivity index (χ4v) is 3.36. The first-order valence-corrected chi connectivity index (χ1v) is 9.82. The van der Waals surface area contributed by atoms with E-state index in [1.165, 1.54) is 37.7 Å². The van der Waals surface area contributed by atoms with Gasteiger partial charge >= 0.3 is 0 Å². The van der Waals surface area contributed by atoms with E-state index in [9.17, 15) is 4.79 Å². The number of hydrogen-bond acceptors (Lipinski definition) is 2. The number of nitrogens with one attached hydrogen (secondary N) is 2. The van der Waals surface area contributed by atoms with E-state index in [-0.39, 0.29) is 18.5 Å². The first kappa shape index (κ1) is 20.3. The fraction of sp³-hybridized carbons (Fsp3) is 0.619. The first-order chi connectivity index (χ1) is 12.5. The molecule has 5 heteroatoms. The minimum absolute atomic E-state index is 0.00755. The summed E-state index contributed by atoms with van der Waals surface area (Å²) >= 11 is 0. The van der Waals surface area contributed by atoms with E-state index >= 15 is 0 Å². The third kappa shape index (κ3) is 6.36. The highest BCUT2D eigenvalue weighted by molar-refractivity contribution is 5.85. The molecule has 2 rings (SSSR count). The summed E-state index contributed by atoms with van der Waals surface area (Å²) in [6, 6.07) is 10.9. The minimum atomic E-state index is 0.00755. The molecule has 0 heterocycles. The van der Waals surface area contributed by atoms with Crippen molar-refractivity contribution in [1.82, 2.24) is 15.5 Å². The van der Waals surface area contributed by atoms with E-state index in [4.69, 9.17) is 0 Å². The minimum Gasteiger partial charge on any atom is -0.354 e. The average molecular weight is 359 g/mol. The van der Waals surface area contributed by atoms with Gasteiger partial charge in [0, 0.05) is 20.1 Å². The maximum Gasteiger partial charge on any atom is 0.243 e. The lowest BCUT2D eigenvalue weighted by Crippen LogP contribution is -2.46. The predicted octanol–water partition coefficient (Wildman–Crippen LogP) is 3.34. The highest BCUT2D eigenvalue weighted by atomic mass is 16.2. The predicted molar refractivity (Wildman–Crippen MR) is 108 cm³/mol. The number of carbonyl (C=O) groups excluding carboxylic acids is 1. The summed E-state index contributed by atoms with van der Waals surface area (Å²) < 4.78 is 0. The van der Waals surface area contributed by atoms with Crippen LogP contribution in [0.1, 0.15) is 57.6 Å². The molecule has 1 amide bonds. The Morgan fingerprint density at radius 3 is 2.42 bits per heavy atom. The number of rotatable bonds is 6. The second-order valence-electron chi connectivity index (χ2n) is 7.50. The highest BCUT2D eigenvalue weighted by Gasteiger charge is 2.21. The van der Waals surface area contributed by atoms with Crippen LogP contribution in [0.2, 0.25) is 0 Å². The molecular formula is C21H34N4O. The number of nitrogens with zero attached hydrogens (tertiary/aromatic N) is 2. The Hall–Kier alpha value is -2.04. The third-order valence-electron chi connectivity index (χ3n) is 5.29. The SMILES string of the molecule is CCC1CCC(NC(=NCC(=O)N(C)C)NC(C)c2ccccc2)CC1. The van der Waals surface area contributed by atoms with Crippen molar-refractivity contribution in [2.24, 2.45) is 10.9 Å². The van der Waals surface area contributed by atoms with Crippen molar-refractivity contribution in [3.8, 4) is 0 Å². The van der Waals surface area contributed by atoms with Gasteiger partial charge in [-0.3, -0.25) is 4.79 Å². The average Bonchev–Trinajstić information content (AvgIpc) is 2.66. The van der Waals surface area contributed by atoms with Crippen molar-refractivity contribution < 1.29 is 4.79 Å². The molecule has 0 aromatic heterocycles. The van der Waals surface area contributed by atoms with Gasteiger partial charge in [-0.2, -0.15) is 0 Å². The van der Waals surface area contributed by atoms with Crippen LogP contribution in [0.25, 0.3) is 0 Å². The van der Waals surface area contributed by atoms with Crippen LogP contribution < -0.4 is 10.6 Å². The van der Waals surface area contributed by atoms with Gasteiger partial charge in [0.25, 0.3) is 0 Å². The Bertz CT molecular complexity index is 577. The molecule has 1 unspecified atom stereocenters. The molecule has 1 saturated carbocycles. The topological polar surface area (TPSA) is 56.7 Å². The number of carbonyl (C=O) groups is 1. The molecule has 2 N–H and O–H groups in total. The van der Waals surface area contributed by atoms with E-state index in [1.54, 1.807) is 19.0 Å². The summed E-state index contributed by atoms with van der Waals surface area (Å²) in [5.41, 5.74) is 1.20. The Kier molecular flexibility index (Phi) is 7.95. The van der Waals surface area contributed by atoms with Gasteiger partial charge in [0.1, 0.15) is 6.54 Å². The van der Waals surface area contributed by atoms with Gasteiger partial charge in [-0.15, -0.1) is 0 Å². The van der Waals surface area contributed by atoms with Crippen molar-refractivity contribution in [2.45, 2.75) is 58.0 Å². The molecule has 0 aliphatic heterocycles. The molecule has 0 radical (unpaired) electrons. The summed E-state index contributed by atoms with van der Waals surface area (Å²) in [4.78, 5) is 18.1. The molecule has 144 valence electrons. The lowest BCUT2D eigenvalue weighted by atomic mass is 9.84. The molecule has 1 aromatic rings. The lowest BCUT2D eigenvalue weighted by Gasteiger charge is -2.30. The van der Waals surface area contributed by atoms with E-state index < -0.39 is 0 Å². The number of aliphatic imine (C=N–C) groups is 1. The molecule has 1 aliphatic rings. The summed E-state index contributed by atoms with van der Waals surface area (Å²) in [7, 11) is 3.52. The zero-order chi connectivity index (χ0) is 18.9. The van der Waals surface area contributed by atoms with Crippen molar-refractivity contribution in [3.05, 3.63) is 35.9 Å². The number of hydrogen-bond donors (Lipinski definition) is 2. The van der Waals surface area contributed by atoms with Crippen LogP contribution in [-0.4, -0.2) is 43.4 Å². The molecule has 26 heavy (non-hydrogen) atoms. The van der Waals surface area contributed by atoms with Gasteiger partial charge in [-0.05, 0) is 44.1 Å². The monoisotopic (exact) mass is 358 g/mol. The molecule has 0 bridgehead atoms. The lowest BCUT2D eigenvalue weighted by molar-refractivity contribution is -0.127. The van der Waals surface area contributed by atoms with Crippen LogP contribution in [0.5, 0.6) is 0 Å². The Morgan fingerprint density at radius 1 is 1.19 bits per heavy atom. The van der Waals surface area contributed by atoms with Crippen LogP contribution in [0.15, 0.2) is 35.3 Å². The fourth-order valence-electron chi connectivity index (χ4n) is 3.36. The van der Waals surface area contributed by atoms with Crippen molar-refractivity contribution in [3.63, 3.8) is 0 Å². The van der Waals surface area contributed by atoms with Gasteiger partial charge in [0.2, 0.25) is 5.91 Å². The third-order valence-corrected chi connectivity index (χ3v) is 5.29. The zero-order valence-electron chi connectivity index (χ0n) is 16.7. The Morgan fingerprint density at radius 2 is 1.85 bits per heavy atom. The van der Waals surface area contributed by atoms with Crippen molar-refractivity contribution in [2.75, 3.05) is 20.6 Å². The van der Waals surface area contributed by atoms with Crippen molar-refractivity contribution >= 4 is 11.9 Å². The molecule has 5 nitrogen and oxygen atoms in total. The van der Waals surface area contributed by atoms with Gasteiger partial charge in [-0.25, -0.2) is 4.99 Å². The van der Waals surface area contributed by atoms with Gasteiger partial charge in [0.05, 0.1) is 6.04 Å². The highest BCUT2D eigenvalue weighted by Crippen LogP contribution is 2.26. The Balaban J connectivity index is 2.01. The normalized spacial score (nSPS) is 21.8. The molecule has 1 fully saturated rings. The zero-order valence-corrected chi connectivity index (χ0v) is 16.7. The second-order valence-corrected chi connectivity index (χ2v) is 7.50. The van der Waals surface area contributed by atoms with E-state index in [1.807, 2.05) is 18.2 Å². The van der Waals surface area contributed by atoms with E-state index in [2.05, 4.69) is 41.6 Å². The molecule has 0 spiro atoms. The quantitative estimate of drug-likeness (QED) is 0.606. The smallest absolute Gasteiger partial charge is 0.243 e. The number of likely N-dealkylation sites (N-methyl/N-ethyl adjacent to an activating group) is 1. The summed E-state index contributed by atoms with van der Waals surface area (Å²) in [6.07, 6.45) is 6.15. The molecule has 0 saturated heterocycles. The largest absolute Gasteiger partial charge is 0.354 e. The maximum atomic E-state index is 11.9. The van der Waals surface area contributed by atoms with Crippen LogP contribution in [0.4, 0.5) is 0 Å². The second kappa shape index (κ2) is 10.2. The summed E-state index contributed by atoms with van der Waals surface area (Å²) in [6.45, 7) is 4.56. The molecular weight excluding hydrogens is 324 g/mol. The number of amides is 1. The molecule has 1 atom stereocenters. The maximum absolute atomic E-state index is 11.9. The summed E-state index contributed by atoms with van der Waals surface area (Å²) in [5.74, 6) is 1.60. The summed E-state index contributed by atoms with van der Waals surface area (Å²) in [5, 5.41) is 7.03. The van der Waals surface area contributed by atoms with Crippen LogP contribution in [-0.2, 0) is 4.79 Å². The first-order valence-electron chi connectivity index (χ1n) is 9.82. The van der Waals surface area contributed by atoms with Gasteiger partial charge in [0.15, 0.2) is 5.96 Å². The van der Waals surface area contributed by atoms with Crippen molar-refractivity contribution in [1.29, 1.82) is 0 Å². The van der Waals surface area contributed by atoms with Gasteiger partial charge in [-0.1, -0.05) is 43.7 Å². The van der Waals surface area contributed by atoms with E-state index in [0.717, 1.165) is 11.9 Å². The number of guanidine groups is 1. The number of benzene rings is 1.